The van der Waals surface area contributed by atoms with E-state index < -0.39 is 0 Å². The van der Waals surface area contributed by atoms with Gasteiger partial charge in [0.25, 0.3) is 0 Å². The number of aromatic amines is 1. The summed E-state index contributed by atoms with van der Waals surface area (Å²) in [6, 6.07) is 4.21. The SMILES string of the molecule is CC1CCN(C(C)(CN)Cc2ccc[nH]2)CC1. The summed E-state index contributed by atoms with van der Waals surface area (Å²) in [5, 5.41) is 0. The van der Waals surface area contributed by atoms with Crippen LogP contribution >= 0.6 is 0 Å². The zero-order valence-electron chi connectivity index (χ0n) is 11.1. The Hall–Kier alpha value is -0.800. The van der Waals surface area contributed by atoms with E-state index in [4.69, 9.17) is 5.73 Å². The molecule has 2 rings (SSSR count). The van der Waals surface area contributed by atoms with E-state index in [1.165, 1.54) is 31.6 Å². The molecule has 1 aromatic heterocycles. The molecule has 0 amide bonds. The molecule has 3 N–H and O–H groups in total. The maximum Gasteiger partial charge on any atom is 0.0358 e. The van der Waals surface area contributed by atoms with Gasteiger partial charge < -0.3 is 10.7 Å². The summed E-state index contributed by atoms with van der Waals surface area (Å²) in [6.45, 7) is 7.75. The highest BCUT2D eigenvalue weighted by Gasteiger charge is 2.32. The Morgan fingerprint density at radius 1 is 1.47 bits per heavy atom. The number of piperidine rings is 1. The molecule has 0 radical (unpaired) electrons. The molecule has 1 aliphatic heterocycles. The number of H-pyrrole nitrogens is 1. The molecule has 0 spiro atoms. The van der Waals surface area contributed by atoms with Crippen molar-refractivity contribution in [2.24, 2.45) is 11.7 Å². The molecule has 3 nitrogen and oxygen atoms in total. The lowest BCUT2D eigenvalue weighted by atomic mass is 9.89. The number of nitrogens with two attached hydrogens (primary N) is 1. The molecular formula is C14H25N3. The van der Waals surface area contributed by atoms with Crippen LogP contribution in [0.25, 0.3) is 0 Å². The van der Waals surface area contributed by atoms with Crippen LogP contribution in [0.15, 0.2) is 18.3 Å². The van der Waals surface area contributed by atoms with Crippen LogP contribution in [0.2, 0.25) is 0 Å². The molecule has 1 aromatic rings. The second-order valence-electron chi connectivity index (χ2n) is 5.74. The molecule has 0 saturated carbocycles. The molecular weight excluding hydrogens is 210 g/mol. The highest BCUT2D eigenvalue weighted by molar-refractivity contribution is 5.09. The van der Waals surface area contributed by atoms with Gasteiger partial charge >= 0.3 is 0 Å². The largest absolute Gasteiger partial charge is 0.365 e. The molecule has 3 heteroatoms. The lowest BCUT2D eigenvalue weighted by molar-refractivity contribution is 0.0703. The van der Waals surface area contributed by atoms with Crippen molar-refractivity contribution in [1.82, 2.24) is 9.88 Å². The highest BCUT2D eigenvalue weighted by atomic mass is 15.2. The molecule has 96 valence electrons. The first-order valence-electron chi connectivity index (χ1n) is 6.71. The van der Waals surface area contributed by atoms with Gasteiger partial charge in [-0.05, 0) is 50.9 Å². The summed E-state index contributed by atoms with van der Waals surface area (Å²) < 4.78 is 0. The third kappa shape index (κ3) is 2.90. The van der Waals surface area contributed by atoms with Crippen LogP contribution in [-0.2, 0) is 6.42 Å². The molecule has 1 saturated heterocycles. The average molecular weight is 235 g/mol. The van der Waals surface area contributed by atoms with Crippen molar-refractivity contribution < 1.29 is 0 Å². The maximum absolute atomic E-state index is 6.03. The molecule has 1 fully saturated rings. The molecule has 1 unspecified atom stereocenters. The minimum Gasteiger partial charge on any atom is -0.365 e. The summed E-state index contributed by atoms with van der Waals surface area (Å²) >= 11 is 0. The standard InChI is InChI=1S/C14H25N3/c1-12-5-8-17(9-6-12)14(2,11-15)10-13-4-3-7-16-13/h3-4,7,12,16H,5-6,8-11,15H2,1-2H3. The van der Waals surface area contributed by atoms with Crippen LogP contribution in [-0.4, -0.2) is 35.1 Å². The van der Waals surface area contributed by atoms with Gasteiger partial charge in [-0.1, -0.05) is 6.92 Å². The lowest BCUT2D eigenvalue weighted by Crippen LogP contribution is -2.55. The van der Waals surface area contributed by atoms with Gasteiger partial charge in [0.05, 0.1) is 0 Å². The predicted molar refractivity (Wildman–Crippen MR) is 71.9 cm³/mol. The highest BCUT2D eigenvalue weighted by Crippen LogP contribution is 2.26. The average Bonchev–Trinajstić information content (AvgIpc) is 2.82. The van der Waals surface area contributed by atoms with Crippen molar-refractivity contribution in [3.05, 3.63) is 24.0 Å². The number of nitrogens with one attached hydrogen (secondary N) is 1. The van der Waals surface area contributed by atoms with Crippen molar-refractivity contribution in [3.63, 3.8) is 0 Å². The zero-order valence-corrected chi connectivity index (χ0v) is 11.1. The Bertz CT molecular complexity index is 325. The number of rotatable bonds is 4. The monoisotopic (exact) mass is 235 g/mol. The Labute approximate surface area is 104 Å². The third-order valence-corrected chi connectivity index (χ3v) is 4.22. The van der Waals surface area contributed by atoms with Crippen LogP contribution in [0.4, 0.5) is 0 Å². The minimum absolute atomic E-state index is 0.102. The van der Waals surface area contributed by atoms with Gasteiger partial charge in [0, 0.05) is 30.4 Å². The number of likely N-dealkylation sites (tertiary alicyclic amines) is 1. The maximum atomic E-state index is 6.03. The Kier molecular flexibility index (Phi) is 3.89. The van der Waals surface area contributed by atoms with E-state index in [1.54, 1.807) is 0 Å². The van der Waals surface area contributed by atoms with Crippen LogP contribution in [0.3, 0.4) is 0 Å². The number of nitrogens with zero attached hydrogens (tertiary/aromatic N) is 1. The Morgan fingerprint density at radius 3 is 2.71 bits per heavy atom. The minimum atomic E-state index is 0.102. The van der Waals surface area contributed by atoms with E-state index in [-0.39, 0.29) is 5.54 Å². The van der Waals surface area contributed by atoms with E-state index in [2.05, 4.69) is 35.9 Å². The lowest BCUT2D eigenvalue weighted by Gasteiger charge is -2.44. The summed E-state index contributed by atoms with van der Waals surface area (Å²) in [5.41, 5.74) is 7.42. The first-order chi connectivity index (χ1) is 8.14. The van der Waals surface area contributed by atoms with Gasteiger partial charge in [-0.2, -0.15) is 0 Å². The first-order valence-corrected chi connectivity index (χ1v) is 6.71. The summed E-state index contributed by atoms with van der Waals surface area (Å²) in [6.07, 6.45) is 5.62. The molecule has 17 heavy (non-hydrogen) atoms. The van der Waals surface area contributed by atoms with Crippen molar-refractivity contribution in [2.45, 2.75) is 38.6 Å². The van der Waals surface area contributed by atoms with Crippen molar-refractivity contribution >= 4 is 0 Å². The Balaban J connectivity index is 2.03. The third-order valence-electron chi connectivity index (χ3n) is 4.22. The van der Waals surface area contributed by atoms with Crippen LogP contribution < -0.4 is 5.73 Å². The smallest absolute Gasteiger partial charge is 0.0358 e. The second-order valence-corrected chi connectivity index (χ2v) is 5.74. The van der Waals surface area contributed by atoms with Gasteiger partial charge in [0.15, 0.2) is 0 Å². The van der Waals surface area contributed by atoms with E-state index in [0.717, 1.165) is 18.9 Å². The molecule has 2 heterocycles. The quantitative estimate of drug-likeness (QED) is 0.838. The molecule has 0 aliphatic carbocycles. The van der Waals surface area contributed by atoms with Gasteiger partial charge in [-0.15, -0.1) is 0 Å². The summed E-state index contributed by atoms with van der Waals surface area (Å²) in [7, 11) is 0. The van der Waals surface area contributed by atoms with Crippen molar-refractivity contribution in [2.75, 3.05) is 19.6 Å². The topological polar surface area (TPSA) is 45.0 Å². The fourth-order valence-corrected chi connectivity index (χ4v) is 2.75. The first kappa shape index (κ1) is 12.7. The van der Waals surface area contributed by atoms with Crippen LogP contribution in [0.5, 0.6) is 0 Å². The molecule has 1 aliphatic rings. The Morgan fingerprint density at radius 2 is 2.18 bits per heavy atom. The normalized spacial score (nSPS) is 22.5. The van der Waals surface area contributed by atoms with E-state index in [1.807, 2.05) is 6.20 Å². The summed E-state index contributed by atoms with van der Waals surface area (Å²) in [5.74, 6) is 0.874. The van der Waals surface area contributed by atoms with Gasteiger partial charge in [-0.25, -0.2) is 0 Å². The van der Waals surface area contributed by atoms with E-state index >= 15 is 0 Å². The molecule has 0 aromatic carbocycles. The van der Waals surface area contributed by atoms with Crippen LogP contribution in [0.1, 0.15) is 32.4 Å². The molecule has 0 bridgehead atoms. The van der Waals surface area contributed by atoms with Crippen LogP contribution in [0, 0.1) is 5.92 Å². The van der Waals surface area contributed by atoms with Gasteiger partial charge in [0.2, 0.25) is 0 Å². The van der Waals surface area contributed by atoms with Gasteiger partial charge in [0.1, 0.15) is 0 Å². The zero-order chi connectivity index (χ0) is 12.3. The fraction of sp³-hybridized carbons (Fsp3) is 0.714. The van der Waals surface area contributed by atoms with Gasteiger partial charge in [-0.3, -0.25) is 4.90 Å². The predicted octanol–water partition coefficient (Wildman–Crippen LogP) is 2.01. The van der Waals surface area contributed by atoms with E-state index in [9.17, 15) is 0 Å². The number of hydrogen-bond acceptors (Lipinski definition) is 2. The number of hydrogen-bond donors (Lipinski definition) is 2. The summed E-state index contributed by atoms with van der Waals surface area (Å²) in [4.78, 5) is 5.87. The molecule has 1 atom stereocenters. The van der Waals surface area contributed by atoms with Crippen molar-refractivity contribution in [1.29, 1.82) is 0 Å². The second kappa shape index (κ2) is 5.23. The van der Waals surface area contributed by atoms with E-state index in [0.29, 0.717) is 0 Å². The van der Waals surface area contributed by atoms with Crippen molar-refractivity contribution in [3.8, 4) is 0 Å². The number of aromatic nitrogens is 1. The fourth-order valence-electron chi connectivity index (χ4n) is 2.75.